The van der Waals surface area contributed by atoms with Gasteiger partial charge < -0.3 is 15.4 Å². The Hall–Kier alpha value is -2.17. The van der Waals surface area contributed by atoms with Crippen molar-refractivity contribution in [3.63, 3.8) is 0 Å². The first-order valence-corrected chi connectivity index (χ1v) is 9.85. The minimum Gasteiger partial charge on any atom is -0.497 e. The highest BCUT2D eigenvalue weighted by Crippen LogP contribution is 2.30. The molecule has 25 heavy (non-hydrogen) atoms. The van der Waals surface area contributed by atoms with Crippen molar-refractivity contribution in [3.8, 4) is 5.75 Å². The number of aromatic nitrogens is 3. The van der Waals surface area contributed by atoms with E-state index in [9.17, 15) is 4.79 Å². The summed E-state index contributed by atoms with van der Waals surface area (Å²) in [4.78, 5) is 16.5. The van der Waals surface area contributed by atoms with Gasteiger partial charge in [0.05, 0.1) is 23.1 Å². The Morgan fingerprint density at radius 3 is 3.04 bits per heavy atom. The summed E-state index contributed by atoms with van der Waals surface area (Å²) < 4.78 is 6.89. The highest BCUT2D eigenvalue weighted by Gasteiger charge is 2.11. The molecule has 10 heteroatoms. The van der Waals surface area contributed by atoms with Crippen LogP contribution >= 0.6 is 34.4 Å². The molecule has 0 unspecified atom stereocenters. The normalized spacial score (nSPS) is 10.6. The Bertz CT molecular complexity index is 892. The molecular weight excluding hydrogens is 378 g/mol. The number of hydrogen-bond donors (Lipinski definition) is 2. The minimum atomic E-state index is -0.133. The van der Waals surface area contributed by atoms with Gasteiger partial charge in [0.2, 0.25) is 11.0 Å². The van der Waals surface area contributed by atoms with Crippen LogP contribution in [-0.2, 0) is 4.79 Å². The first kappa shape index (κ1) is 17.6. The molecule has 2 aromatic heterocycles. The van der Waals surface area contributed by atoms with Gasteiger partial charge in [-0.05, 0) is 18.2 Å². The molecule has 0 radical (unpaired) electrons. The SMILES string of the molecule is C=CCNc1nnc(SCC(=O)Nc2nc3ccc(OC)cc3s2)s1. The van der Waals surface area contributed by atoms with Gasteiger partial charge >= 0.3 is 0 Å². The van der Waals surface area contributed by atoms with Crippen LogP contribution < -0.4 is 15.4 Å². The average molecular weight is 394 g/mol. The van der Waals surface area contributed by atoms with Crippen molar-refractivity contribution in [3.05, 3.63) is 30.9 Å². The Labute approximate surface area is 156 Å². The summed E-state index contributed by atoms with van der Waals surface area (Å²) in [5.41, 5.74) is 0.829. The van der Waals surface area contributed by atoms with Gasteiger partial charge in [0, 0.05) is 6.54 Å². The van der Waals surface area contributed by atoms with E-state index in [1.54, 1.807) is 13.2 Å². The number of carbonyl (C=O) groups is 1. The van der Waals surface area contributed by atoms with Crippen LogP contribution in [0.2, 0.25) is 0 Å². The summed E-state index contributed by atoms with van der Waals surface area (Å²) in [7, 11) is 1.62. The highest BCUT2D eigenvalue weighted by atomic mass is 32.2. The van der Waals surface area contributed by atoms with E-state index in [4.69, 9.17) is 4.74 Å². The summed E-state index contributed by atoms with van der Waals surface area (Å²) in [6.07, 6.45) is 1.75. The molecule has 0 aliphatic rings. The second-order valence-corrected chi connectivity index (χ2v) is 7.96. The summed E-state index contributed by atoms with van der Waals surface area (Å²) in [5, 5.41) is 15.2. The summed E-state index contributed by atoms with van der Waals surface area (Å²) in [6, 6.07) is 5.61. The topological polar surface area (TPSA) is 89.0 Å². The number of carbonyl (C=O) groups excluding carboxylic acids is 1. The Morgan fingerprint density at radius 1 is 1.36 bits per heavy atom. The maximum Gasteiger partial charge on any atom is 0.236 e. The lowest BCUT2D eigenvalue weighted by Crippen LogP contribution is -2.13. The smallest absolute Gasteiger partial charge is 0.236 e. The number of benzene rings is 1. The van der Waals surface area contributed by atoms with Crippen LogP contribution in [0.1, 0.15) is 0 Å². The zero-order chi connectivity index (χ0) is 17.6. The molecule has 0 saturated heterocycles. The largest absolute Gasteiger partial charge is 0.497 e. The van der Waals surface area contributed by atoms with E-state index >= 15 is 0 Å². The lowest BCUT2D eigenvalue weighted by Gasteiger charge is -1.98. The van der Waals surface area contributed by atoms with Crippen LogP contribution in [0.25, 0.3) is 10.2 Å². The second-order valence-electron chi connectivity index (χ2n) is 4.73. The number of fused-ring (bicyclic) bond motifs is 1. The molecule has 0 saturated carbocycles. The molecule has 2 N–H and O–H groups in total. The van der Waals surface area contributed by atoms with Gasteiger partial charge in [0.25, 0.3) is 0 Å². The van der Waals surface area contributed by atoms with Crippen LogP contribution in [0.3, 0.4) is 0 Å². The van der Waals surface area contributed by atoms with Gasteiger partial charge in [-0.15, -0.1) is 16.8 Å². The van der Waals surface area contributed by atoms with E-state index in [2.05, 4.69) is 32.4 Å². The van der Waals surface area contributed by atoms with Crippen LogP contribution in [0, 0.1) is 0 Å². The van der Waals surface area contributed by atoms with E-state index in [-0.39, 0.29) is 11.7 Å². The molecule has 0 spiro atoms. The van der Waals surface area contributed by atoms with Gasteiger partial charge in [-0.1, -0.05) is 40.5 Å². The van der Waals surface area contributed by atoms with Gasteiger partial charge in [0.1, 0.15) is 5.75 Å². The maximum absolute atomic E-state index is 12.1. The van der Waals surface area contributed by atoms with Crippen molar-refractivity contribution < 1.29 is 9.53 Å². The molecule has 7 nitrogen and oxygen atoms in total. The van der Waals surface area contributed by atoms with Gasteiger partial charge in [-0.2, -0.15) is 0 Å². The zero-order valence-corrected chi connectivity index (χ0v) is 15.8. The number of thiazole rings is 1. The quantitative estimate of drug-likeness (QED) is 0.447. The van der Waals surface area contributed by atoms with Gasteiger partial charge in [0.15, 0.2) is 9.47 Å². The van der Waals surface area contributed by atoms with Crippen LogP contribution in [0.5, 0.6) is 5.75 Å². The fourth-order valence-electron chi connectivity index (χ4n) is 1.87. The fraction of sp³-hybridized carbons (Fsp3) is 0.200. The van der Waals surface area contributed by atoms with E-state index in [0.717, 1.165) is 20.3 Å². The van der Waals surface area contributed by atoms with Gasteiger partial charge in [-0.25, -0.2) is 4.98 Å². The van der Waals surface area contributed by atoms with Crippen LogP contribution in [0.15, 0.2) is 35.2 Å². The lowest BCUT2D eigenvalue weighted by atomic mass is 10.3. The first-order valence-electron chi connectivity index (χ1n) is 7.23. The number of nitrogens with zero attached hydrogens (tertiary/aromatic N) is 3. The molecule has 2 heterocycles. The van der Waals surface area contributed by atoms with Crippen LogP contribution in [0.4, 0.5) is 10.3 Å². The number of rotatable bonds is 8. The predicted molar refractivity (Wildman–Crippen MR) is 104 cm³/mol. The van der Waals surface area contributed by atoms with E-state index < -0.39 is 0 Å². The molecule has 0 fully saturated rings. The summed E-state index contributed by atoms with van der Waals surface area (Å²) in [6.45, 7) is 4.26. The fourth-order valence-corrected chi connectivity index (χ4v) is 4.34. The molecule has 0 aliphatic heterocycles. The number of anilines is 2. The molecule has 3 aromatic rings. The molecule has 0 atom stereocenters. The number of nitrogens with one attached hydrogen (secondary N) is 2. The zero-order valence-electron chi connectivity index (χ0n) is 13.3. The monoisotopic (exact) mass is 393 g/mol. The maximum atomic E-state index is 12.1. The number of methoxy groups -OCH3 is 1. The Kier molecular flexibility index (Phi) is 5.84. The molecule has 1 amide bonds. The molecule has 0 bridgehead atoms. The molecule has 3 rings (SSSR count). The number of ether oxygens (including phenoxy) is 1. The predicted octanol–water partition coefficient (Wildman–Crippen LogP) is 3.49. The Balaban J connectivity index is 1.55. The number of thioether (sulfide) groups is 1. The van der Waals surface area contributed by atoms with Crippen molar-refractivity contribution >= 4 is 60.8 Å². The molecular formula is C15H15N5O2S3. The van der Waals surface area contributed by atoms with Crippen molar-refractivity contribution in [2.45, 2.75) is 4.34 Å². The van der Waals surface area contributed by atoms with Crippen molar-refractivity contribution in [2.24, 2.45) is 0 Å². The van der Waals surface area contributed by atoms with Crippen molar-refractivity contribution in [2.75, 3.05) is 30.0 Å². The van der Waals surface area contributed by atoms with Crippen LogP contribution in [-0.4, -0.2) is 40.5 Å². The Morgan fingerprint density at radius 2 is 2.24 bits per heavy atom. The van der Waals surface area contributed by atoms with Crippen molar-refractivity contribution in [1.29, 1.82) is 0 Å². The summed E-state index contributed by atoms with van der Waals surface area (Å²) >= 11 is 4.16. The highest BCUT2D eigenvalue weighted by molar-refractivity contribution is 8.01. The molecule has 0 aliphatic carbocycles. The van der Waals surface area contributed by atoms with E-state index in [1.165, 1.54) is 34.4 Å². The molecule has 130 valence electrons. The third-order valence-corrected chi connectivity index (χ3v) is 5.92. The number of amides is 1. The third kappa shape index (κ3) is 4.68. The lowest BCUT2D eigenvalue weighted by molar-refractivity contribution is -0.113. The summed E-state index contributed by atoms with van der Waals surface area (Å²) in [5.74, 6) is 0.878. The molecule has 1 aromatic carbocycles. The third-order valence-electron chi connectivity index (χ3n) is 2.97. The minimum absolute atomic E-state index is 0.133. The average Bonchev–Trinajstić information content (AvgIpc) is 3.23. The van der Waals surface area contributed by atoms with Crippen molar-refractivity contribution in [1.82, 2.24) is 15.2 Å². The van der Waals surface area contributed by atoms with Gasteiger partial charge in [-0.3, -0.25) is 4.79 Å². The standard InChI is InChI=1S/C15H15N5O2S3/c1-3-6-16-13-19-20-15(25-13)23-8-12(21)18-14-17-10-5-4-9(22-2)7-11(10)24-14/h3-5,7H,1,6,8H2,2H3,(H,16,19)(H,17,18,21). The van der Waals surface area contributed by atoms with E-state index in [0.29, 0.717) is 16.8 Å². The second kappa shape index (κ2) is 8.28. The number of hydrogen-bond acceptors (Lipinski definition) is 9. The van der Waals surface area contributed by atoms with E-state index in [1.807, 2.05) is 18.2 Å². The first-order chi connectivity index (χ1) is 12.2.